The van der Waals surface area contributed by atoms with Gasteiger partial charge in [0.2, 0.25) is 0 Å². The number of H-pyrrole nitrogens is 1. The molecule has 216 valence electrons. The van der Waals surface area contributed by atoms with Crippen molar-refractivity contribution in [2.24, 2.45) is 0 Å². The maximum absolute atomic E-state index is 13.6. The highest BCUT2D eigenvalue weighted by atomic mass is 16.2. The molecule has 2 saturated heterocycles. The van der Waals surface area contributed by atoms with Crippen molar-refractivity contribution in [2.75, 3.05) is 64.8 Å². The fourth-order valence-corrected chi connectivity index (χ4v) is 5.78. The first-order valence-corrected chi connectivity index (χ1v) is 14.3. The average molecular weight is 559 g/mol. The van der Waals surface area contributed by atoms with Crippen LogP contribution in [0, 0.1) is 0 Å². The highest BCUT2D eigenvalue weighted by molar-refractivity contribution is 6.45. The number of rotatable bonds is 9. The molecule has 0 spiro atoms. The number of aromatic amines is 1. The monoisotopic (exact) mass is 558 g/mol. The fraction of sp³-hybridized carbons (Fsp3) is 0.419. The highest BCUT2D eigenvalue weighted by Gasteiger charge is 2.36. The van der Waals surface area contributed by atoms with Gasteiger partial charge in [-0.05, 0) is 38.7 Å². The first-order valence-electron chi connectivity index (χ1n) is 14.3. The molecule has 3 heterocycles. The predicted molar refractivity (Wildman–Crippen MR) is 158 cm³/mol. The van der Waals surface area contributed by atoms with Crippen molar-refractivity contribution in [2.45, 2.75) is 25.8 Å². The van der Waals surface area contributed by atoms with Crippen molar-refractivity contribution in [3.63, 3.8) is 0 Å². The van der Waals surface area contributed by atoms with Crippen LogP contribution in [0.4, 0.5) is 10.5 Å². The number of para-hydroxylation sites is 1. The summed E-state index contributed by atoms with van der Waals surface area (Å²) in [5.41, 5.74) is 2.27. The predicted octanol–water partition coefficient (Wildman–Crippen LogP) is 3.31. The standard InChI is InChI=1S/C31H38N6O4/c1-4-9-23-21-35(29(39)22-10-6-5-7-11-22)17-18-36(23)30(40)28(38)25-20-32-27-24(25)12-8-13-26(27)37-19-16-34(31(37)41)15-14-33(2)3/h5-8,10-13,20,23,32H,4,9,14-19,21H2,1-3H3/t23-/m1/s1. The number of amides is 4. The molecule has 3 aromatic rings. The first kappa shape index (κ1) is 28.4. The van der Waals surface area contributed by atoms with Crippen LogP contribution in [-0.2, 0) is 4.79 Å². The zero-order valence-electron chi connectivity index (χ0n) is 24.0. The molecular weight excluding hydrogens is 520 g/mol. The van der Waals surface area contributed by atoms with Gasteiger partial charge in [-0.1, -0.05) is 43.7 Å². The van der Waals surface area contributed by atoms with Crippen LogP contribution in [0.3, 0.4) is 0 Å². The van der Waals surface area contributed by atoms with Crippen molar-refractivity contribution in [1.82, 2.24) is 24.6 Å². The number of nitrogens with zero attached hydrogens (tertiary/aromatic N) is 5. The van der Waals surface area contributed by atoms with Gasteiger partial charge >= 0.3 is 6.03 Å². The van der Waals surface area contributed by atoms with E-state index in [1.807, 2.05) is 61.2 Å². The second-order valence-electron chi connectivity index (χ2n) is 11.0. The molecule has 10 heteroatoms. The number of carbonyl (C=O) groups excluding carboxylic acids is 4. The minimum Gasteiger partial charge on any atom is -0.359 e. The second-order valence-corrected chi connectivity index (χ2v) is 11.0. The number of likely N-dealkylation sites (N-methyl/N-ethyl adjacent to an activating group) is 1. The largest absolute Gasteiger partial charge is 0.359 e. The van der Waals surface area contributed by atoms with E-state index in [-0.39, 0.29) is 18.0 Å². The van der Waals surface area contributed by atoms with E-state index < -0.39 is 11.7 Å². The van der Waals surface area contributed by atoms with Crippen molar-refractivity contribution in [3.8, 4) is 0 Å². The minimum absolute atomic E-state index is 0.0639. The summed E-state index contributed by atoms with van der Waals surface area (Å²) in [5, 5.41) is 0.616. The van der Waals surface area contributed by atoms with Gasteiger partial charge in [0.25, 0.3) is 17.6 Å². The van der Waals surface area contributed by atoms with Crippen LogP contribution in [-0.4, -0.2) is 114 Å². The topological polar surface area (TPSA) is 100 Å². The van der Waals surface area contributed by atoms with E-state index in [9.17, 15) is 19.2 Å². The maximum Gasteiger partial charge on any atom is 0.324 e. The van der Waals surface area contributed by atoms with Gasteiger partial charge in [0, 0.05) is 69.0 Å². The third kappa shape index (κ3) is 5.69. The first-order chi connectivity index (χ1) is 19.8. The Balaban J connectivity index is 1.33. The van der Waals surface area contributed by atoms with Gasteiger partial charge < -0.3 is 24.6 Å². The molecule has 4 amide bonds. The summed E-state index contributed by atoms with van der Waals surface area (Å²) in [7, 11) is 3.96. The van der Waals surface area contributed by atoms with Gasteiger partial charge in [-0.25, -0.2) is 4.79 Å². The van der Waals surface area contributed by atoms with Crippen molar-refractivity contribution in [1.29, 1.82) is 0 Å². The number of fused-ring (bicyclic) bond motifs is 1. The lowest BCUT2D eigenvalue weighted by molar-refractivity contribution is -0.131. The molecule has 0 radical (unpaired) electrons. The summed E-state index contributed by atoms with van der Waals surface area (Å²) in [6.07, 6.45) is 3.08. The van der Waals surface area contributed by atoms with Crippen LogP contribution >= 0.6 is 0 Å². The van der Waals surface area contributed by atoms with Gasteiger partial charge in [-0.3, -0.25) is 19.3 Å². The lowest BCUT2D eigenvalue weighted by atomic mass is 10.0. The summed E-state index contributed by atoms with van der Waals surface area (Å²) in [5.74, 6) is -1.21. The lowest BCUT2D eigenvalue weighted by Gasteiger charge is -2.41. The Labute approximate surface area is 240 Å². The van der Waals surface area contributed by atoms with Crippen molar-refractivity contribution in [3.05, 3.63) is 65.9 Å². The van der Waals surface area contributed by atoms with E-state index in [1.54, 1.807) is 39.1 Å². The molecular formula is C31H38N6O4. The highest BCUT2D eigenvalue weighted by Crippen LogP contribution is 2.31. The van der Waals surface area contributed by atoms with E-state index in [0.29, 0.717) is 73.4 Å². The molecule has 0 aliphatic carbocycles. The van der Waals surface area contributed by atoms with Gasteiger partial charge in [-0.2, -0.15) is 0 Å². The molecule has 2 aliphatic heterocycles. The molecule has 0 unspecified atom stereocenters. The number of hydrogen-bond donors (Lipinski definition) is 1. The zero-order valence-corrected chi connectivity index (χ0v) is 24.0. The third-order valence-corrected chi connectivity index (χ3v) is 8.01. The van der Waals surface area contributed by atoms with E-state index in [2.05, 4.69) is 4.98 Å². The lowest BCUT2D eigenvalue weighted by Crippen LogP contribution is -2.57. The maximum atomic E-state index is 13.6. The molecule has 2 aromatic carbocycles. The minimum atomic E-state index is -0.585. The van der Waals surface area contributed by atoms with Gasteiger partial charge in [0.05, 0.1) is 16.8 Å². The summed E-state index contributed by atoms with van der Waals surface area (Å²) < 4.78 is 0. The van der Waals surface area contributed by atoms with E-state index in [4.69, 9.17) is 0 Å². The van der Waals surface area contributed by atoms with Gasteiger partial charge in [-0.15, -0.1) is 0 Å². The van der Waals surface area contributed by atoms with Crippen LogP contribution in [0.15, 0.2) is 54.7 Å². The Kier molecular flexibility index (Phi) is 8.39. The number of piperazine rings is 1. The SMILES string of the molecule is CCC[C@@H]1CN(C(=O)c2ccccc2)CCN1C(=O)C(=O)c1c[nH]c2c(N3CCN(CCN(C)C)C3=O)cccc12. The van der Waals surface area contributed by atoms with E-state index in [1.165, 1.54) is 0 Å². The Morgan fingerprint density at radius 1 is 0.976 bits per heavy atom. The fourth-order valence-electron chi connectivity index (χ4n) is 5.78. The van der Waals surface area contributed by atoms with Gasteiger partial charge in [0.15, 0.2) is 0 Å². The molecule has 1 aromatic heterocycles. The van der Waals surface area contributed by atoms with Crippen LogP contribution in [0.2, 0.25) is 0 Å². The Morgan fingerprint density at radius 3 is 2.49 bits per heavy atom. The third-order valence-electron chi connectivity index (χ3n) is 8.01. The molecule has 2 aliphatic rings. The molecule has 2 fully saturated rings. The Hall–Kier alpha value is -4.18. The normalized spacial score (nSPS) is 17.7. The van der Waals surface area contributed by atoms with Crippen LogP contribution in [0.25, 0.3) is 10.9 Å². The zero-order chi connectivity index (χ0) is 29.1. The number of benzene rings is 2. The summed E-state index contributed by atoms with van der Waals surface area (Å²) in [6.45, 7) is 5.69. The number of aromatic nitrogens is 1. The summed E-state index contributed by atoms with van der Waals surface area (Å²) in [6, 6.07) is 14.3. The number of Topliss-reactive ketones (excluding diaryl/α,β-unsaturated/α-hetero) is 1. The Morgan fingerprint density at radius 2 is 1.76 bits per heavy atom. The quantitative estimate of drug-likeness (QED) is 0.321. The van der Waals surface area contributed by atoms with Crippen LogP contribution in [0.5, 0.6) is 0 Å². The number of hydrogen-bond acceptors (Lipinski definition) is 5. The second kappa shape index (κ2) is 12.1. The number of carbonyl (C=O) groups is 4. The number of nitrogens with one attached hydrogen (secondary N) is 1. The van der Waals surface area contributed by atoms with E-state index in [0.717, 1.165) is 13.0 Å². The summed E-state index contributed by atoms with van der Waals surface area (Å²) >= 11 is 0. The molecule has 0 bridgehead atoms. The van der Waals surface area contributed by atoms with Crippen LogP contribution < -0.4 is 4.90 Å². The van der Waals surface area contributed by atoms with E-state index >= 15 is 0 Å². The molecule has 0 saturated carbocycles. The van der Waals surface area contributed by atoms with Crippen molar-refractivity contribution < 1.29 is 19.2 Å². The summed E-state index contributed by atoms with van der Waals surface area (Å²) in [4.78, 5) is 65.6. The smallest absolute Gasteiger partial charge is 0.324 e. The molecule has 1 atom stereocenters. The van der Waals surface area contributed by atoms with Crippen LogP contribution in [0.1, 0.15) is 40.5 Å². The number of urea groups is 1. The average Bonchev–Trinajstić information content (AvgIpc) is 3.59. The molecule has 41 heavy (non-hydrogen) atoms. The number of ketones is 1. The van der Waals surface area contributed by atoms with Crippen molar-refractivity contribution >= 4 is 40.2 Å². The molecule has 10 nitrogen and oxygen atoms in total. The molecule has 1 N–H and O–H groups in total. The Bertz CT molecular complexity index is 1430. The molecule has 5 rings (SSSR count). The number of anilines is 1. The van der Waals surface area contributed by atoms with Gasteiger partial charge in [0.1, 0.15) is 0 Å².